The Morgan fingerprint density at radius 1 is 1.08 bits per heavy atom. The Balaban J connectivity index is 2.03. The maximum Gasteiger partial charge on any atom is 0.178 e. The zero-order valence-corrected chi connectivity index (χ0v) is 7.22. The number of ether oxygens (including phenoxy) is 2. The van der Waals surface area contributed by atoms with E-state index < -0.39 is 6.29 Å². The van der Waals surface area contributed by atoms with Gasteiger partial charge in [-0.25, -0.2) is 0 Å². The molecule has 1 fully saturated rings. The lowest BCUT2D eigenvalue weighted by atomic mass is 10.1. The first-order valence-electron chi connectivity index (χ1n) is 4.32. The SMILES string of the molecule is OC1COC(c2ccccc2)CO1. The number of rotatable bonds is 1. The summed E-state index contributed by atoms with van der Waals surface area (Å²) in [7, 11) is 0. The van der Waals surface area contributed by atoms with E-state index in [9.17, 15) is 0 Å². The fourth-order valence-corrected chi connectivity index (χ4v) is 1.35. The molecular formula is C10H12O3. The van der Waals surface area contributed by atoms with E-state index in [2.05, 4.69) is 0 Å². The molecule has 0 bridgehead atoms. The summed E-state index contributed by atoms with van der Waals surface area (Å²) >= 11 is 0. The summed E-state index contributed by atoms with van der Waals surface area (Å²) in [4.78, 5) is 0. The molecule has 1 aliphatic rings. The minimum absolute atomic E-state index is 0.0374. The van der Waals surface area contributed by atoms with Crippen molar-refractivity contribution in [3.8, 4) is 0 Å². The van der Waals surface area contributed by atoms with Crippen LogP contribution < -0.4 is 0 Å². The highest BCUT2D eigenvalue weighted by atomic mass is 16.7. The summed E-state index contributed by atoms with van der Waals surface area (Å²) in [6, 6.07) is 9.87. The van der Waals surface area contributed by atoms with Gasteiger partial charge in [-0.3, -0.25) is 0 Å². The molecule has 2 rings (SSSR count). The third-order valence-electron chi connectivity index (χ3n) is 2.05. The largest absolute Gasteiger partial charge is 0.366 e. The first kappa shape index (κ1) is 8.69. The van der Waals surface area contributed by atoms with Gasteiger partial charge in [-0.1, -0.05) is 30.3 Å². The molecule has 13 heavy (non-hydrogen) atoms. The van der Waals surface area contributed by atoms with Crippen LogP contribution in [0.15, 0.2) is 30.3 Å². The van der Waals surface area contributed by atoms with Crippen LogP contribution in [0.2, 0.25) is 0 Å². The summed E-state index contributed by atoms with van der Waals surface area (Å²) < 4.78 is 10.5. The normalized spacial score (nSPS) is 28.7. The third kappa shape index (κ3) is 2.06. The van der Waals surface area contributed by atoms with Gasteiger partial charge in [0.15, 0.2) is 6.29 Å². The molecule has 1 aliphatic heterocycles. The van der Waals surface area contributed by atoms with E-state index in [1.165, 1.54) is 0 Å². The number of benzene rings is 1. The summed E-state index contributed by atoms with van der Waals surface area (Å²) in [5, 5.41) is 9.03. The highest BCUT2D eigenvalue weighted by Gasteiger charge is 2.21. The van der Waals surface area contributed by atoms with Crippen molar-refractivity contribution in [3.05, 3.63) is 35.9 Å². The van der Waals surface area contributed by atoms with Crippen LogP contribution >= 0.6 is 0 Å². The van der Waals surface area contributed by atoms with Gasteiger partial charge in [0.25, 0.3) is 0 Å². The molecule has 0 aliphatic carbocycles. The number of hydrogen-bond acceptors (Lipinski definition) is 3. The molecular weight excluding hydrogens is 168 g/mol. The van der Waals surface area contributed by atoms with Gasteiger partial charge in [-0.05, 0) is 5.56 Å². The Bertz CT molecular complexity index is 252. The molecule has 1 heterocycles. The van der Waals surface area contributed by atoms with Crippen LogP contribution in [0.1, 0.15) is 11.7 Å². The molecule has 0 spiro atoms. The first-order valence-corrected chi connectivity index (χ1v) is 4.32. The summed E-state index contributed by atoms with van der Waals surface area (Å²) in [6.07, 6.45) is -0.801. The van der Waals surface area contributed by atoms with Crippen LogP contribution in [0.4, 0.5) is 0 Å². The van der Waals surface area contributed by atoms with Crippen molar-refractivity contribution in [1.82, 2.24) is 0 Å². The quantitative estimate of drug-likeness (QED) is 0.703. The Morgan fingerprint density at radius 2 is 1.85 bits per heavy atom. The van der Waals surface area contributed by atoms with Crippen molar-refractivity contribution in [2.75, 3.05) is 13.2 Å². The number of aliphatic hydroxyl groups excluding tert-OH is 1. The van der Waals surface area contributed by atoms with Crippen molar-refractivity contribution in [2.45, 2.75) is 12.4 Å². The van der Waals surface area contributed by atoms with Crippen LogP contribution in [-0.4, -0.2) is 24.6 Å². The maximum absolute atomic E-state index is 9.03. The summed E-state index contributed by atoms with van der Waals surface area (Å²) in [5.74, 6) is 0. The summed E-state index contributed by atoms with van der Waals surface area (Å²) in [6.45, 7) is 0.671. The van der Waals surface area contributed by atoms with E-state index in [0.29, 0.717) is 6.61 Å². The molecule has 0 amide bonds. The van der Waals surface area contributed by atoms with Gasteiger partial charge in [-0.15, -0.1) is 0 Å². The lowest BCUT2D eigenvalue weighted by Gasteiger charge is -2.26. The predicted octanol–water partition coefficient (Wildman–Crippen LogP) is 1.09. The minimum Gasteiger partial charge on any atom is -0.366 e. The topological polar surface area (TPSA) is 38.7 Å². The molecule has 1 aromatic carbocycles. The molecule has 1 saturated heterocycles. The maximum atomic E-state index is 9.03. The van der Waals surface area contributed by atoms with Gasteiger partial charge in [0.2, 0.25) is 0 Å². The van der Waals surface area contributed by atoms with Gasteiger partial charge in [-0.2, -0.15) is 0 Å². The predicted molar refractivity (Wildman–Crippen MR) is 47.1 cm³/mol. The van der Waals surface area contributed by atoms with Crippen LogP contribution in [-0.2, 0) is 9.47 Å². The Kier molecular flexibility index (Phi) is 2.59. The van der Waals surface area contributed by atoms with Crippen molar-refractivity contribution in [1.29, 1.82) is 0 Å². The molecule has 0 saturated carbocycles. The van der Waals surface area contributed by atoms with E-state index in [-0.39, 0.29) is 12.7 Å². The minimum atomic E-state index is -0.764. The molecule has 1 N–H and O–H groups in total. The molecule has 70 valence electrons. The van der Waals surface area contributed by atoms with E-state index in [1.54, 1.807) is 0 Å². The molecule has 2 atom stereocenters. The second kappa shape index (κ2) is 3.87. The van der Waals surface area contributed by atoms with Gasteiger partial charge in [0.05, 0.1) is 13.2 Å². The van der Waals surface area contributed by atoms with Crippen molar-refractivity contribution >= 4 is 0 Å². The fourth-order valence-electron chi connectivity index (χ4n) is 1.35. The van der Waals surface area contributed by atoms with Crippen molar-refractivity contribution < 1.29 is 14.6 Å². The summed E-state index contributed by atoms with van der Waals surface area (Å²) in [5.41, 5.74) is 1.09. The Morgan fingerprint density at radius 3 is 2.46 bits per heavy atom. The van der Waals surface area contributed by atoms with Gasteiger partial charge >= 0.3 is 0 Å². The average molecular weight is 180 g/mol. The second-order valence-corrected chi connectivity index (χ2v) is 3.02. The fraction of sp³-hybridized carbons (Fsp3) is 0.400. The van der Waals surface area contributed by atoms with Crippen LogP contribution in [0.5, 0.6) is 0 Å². The lowest BCUT2D eigenvalue weighted by Crippen LogP contribution is -2.30. The first-order chi connectivity index (χ1) is 6.36. The van der Waals surface area contributed by atoms with Gasteiger partial charge < -0.3 is 14.6 Å². The van der Waals surface area contributed by atoms with E-state index in [0.717, 1.165) is 5.56 Å². The molecule has 3 heteroatoms. The molecule has 1 aromatic rings. The second-order valence-electron chi connectivity index (χ2n) is 3.02. The van der Waals surface area contributed by atoms with Crippen molar-refractivity contribution in [3.63, 3.8) is 0 Å². The zero-order valence-electron chi connectivity index (χ0n) is 7.22. The standard InChI is InChI=1S/C10H12O3/c11-10-7-12-9(6-13-10)8-4-2-1-3-5-8/h1-5,9-11H,6-7H2. The molecule has 0 aromatic heterocycles. The molecule has 3 nitrogen and oxygen atoms in total. The molecule has 0 radical (unpaired) electrons. The van der Waals surface area contributed by atoms with E-state index in [4.69, 9.17) is 14.6 Å². The zero-order chi connectivity index (χ0) is 9.10. The van der Waals surface area contributed by atoms with E-state index in [1.807, 2.05) is 30.3 Å². The van der Waals surface area contributed by atoms with E-state index >= 15 is 0 Å². The van der Waals surface area contributed by atoms with Crippen LogP contribution in [0.3, 0.4) is 0 Å². The van der Waals surface area contributed by atoms with Crippen molar-refractivity contribution in [2.24, 2.45) is 0 Å². The number of hydrogen-bond donors (Lipinski definition) is 1. The van der Waals surface area contributed by atoms with Crippen LogP contribution in [0.25, 0.3) is 0 Å². The monoisotopic (exact) mass is 180 g/mol. The smallest absolute Gasteiger partial charge is 0.178 e. The third-order valence-corrected chi connectivity index (χ3v) is 2.05. The van der Waals surface area contributed by atoms with Crippen LogP contribution in [0, 0.1) is 0 Å². The average Bonchev–Trinajstić information content (AvgIpc) is 2.20. The highest BCUT2D eigenvalue weighted by Crippen LogP contribution is 2.21. The van der Waals surface area contributed by atoms with Gasteiger partial charge in [0.1, 0.15) is 6.10 Å². The lowest BCUT2D eigenvalue weighted by molar-refractivity contribution is -0.214. The molecule has 2 unspecified atom stereocenters. The Hall–Kier alpha value is -0.900. The van der Waals surface area contributed by atoms with Gasteiger partial charge in [0, 0.05) is 0 Å². The Labute approximate surface area is 76.9 Å². The highest BCUT2D eigenvalue weighted by molar-refractivity contribution is 5.17. The number of aliphatic hydroxyl groups is 1.